The Bertz CT molecular complexity index is 618. The van der Waals surface area contributed by atoms with Crippen molar-refractivity contribution in [1.29, 1.82) is 0 Å². The standard InChI is InChI=1S/C16H12BrCl/c17-10-16-14-4-2-1-3-11(14)5-6-12-9-13(18)7-8-15(12)16/h1-4,6-8,10H,5,9H2/b16-10+. The largest absolute Gasteiger partial charge is 0.0888 e. The van der Waals surface area contributed by atoms with Crippen LogP contribution in [0.25, 0.3) is 5.57 Å². The van der Waals surface area contributed by atoms with Gasteiger partial charge in [-0.25, -0.2) is 0 Å². The zero-order valence-electron chi connectivity index (χ0n) is 9.79. The monoisotopic (exact) mass is 318 g/mol. The number of fused-ring (bicyclic) bond motifs is 2. The summed E-state index contributed by atoms with van der Waals surface area (Å²) in [4.78, 5) is 2.02. The van der Waals surface area contributed by atoms with Gasteiger partial charge in [0.2, 0.25) is 0 Å². The first-order valence-corrected chi connectivity index (χ1v) is 7.24. The SMILES string of the molecule is ClC1=CC=C2C(=CCc3ccccc3/C2=C\Br)C1. The third-order valence-electron chi connectivity index (χ3n) is 3.41. The molecule has 0 spiro atoms. The first kappa shape index (κ1) is 12.0. The van der Waals surface area contributed by atoms with Crippen molar-refractivity contribution in [3.05, 3.63) is 74.8 Å². The van der Waals surface area contributed by atoms with Gasteiger partial charge in [-0.05, 0) is 45.3 Å². The van der Waals surface area contributed by atoms with Crippen molar-refractivity contribution in [2.45, 2.75) is 12.8 Å². The van der Waals surface area contributed by atoms with E-state index in [0.29, 0.717) is 0 Å². The Balaban J connectivity index is 2.21. The van der Waals surface area contributed by atoms with Crippen LogP contribution >= 0.6 is 27.5 Å². The second kappa shape index (κ2) is 4.91. The average Bonchev–Trinajstić information content (AvgIpc) is 2.55. The number of rotatable bonds is 0. The Hall–Kier alpha value is -1.05. The summed E-state index contributed by atoms with van der Waals surface area (Å²) in [6.07, 6.45) is 8.22. The Morgan fingerprint density at radius 2 is 2.00 bits per heavy atom. The molecule has 0 nitrogen and oxygen atoms in total. The van der Waals surface area contributed by atoms with Gasteiger partial charge in [-0.15, -0.1) is 0 Å². The summed E-state index contributed by atoms with van der Waals surface area (Å²) in [7, 11) is 0. The first-order valence-electron chi connectivity index (χ1n) is 5.94. The highest BCUT2D eigenvalue weighted by Gasteiger charge is 2.20. The maximum atomic E-state index is 6.14. The molecule has 0 saturated carbocycles. The molecule has 0 fully saturated rings. The van der Waals surface area contributed by atoms with Gasteiger partial charge in [0.25, 0.3) is 0 Å². The Kier molecular flexibility index (Phi) is 3.27. The Morgan fingerprint density at radius 1 is 1.17 bits per heavy atom. The third kappa shape index (κ3) is 2.02. The van der Waals surface area contributed by atoms with Crippen LogP contribution in [-0.2, 0) is 6.42 Å². The average molecular weight is 320 g/mol. The minimum absolute atomic E-state index is 0.839. The number of benzene rings is 1. The van der Waals surface area contributed by atoms with Crippen LogP contribution in [0.3, 0.4) is 0 Å². The van der Waals surface area contributed by atoms with Gasteiger partial charge in [-0.1, -0.05) is 63.9 Å². The molecule has 1 aromatic rings. The lowest BCUT2D eigenvalue weighted by atomic mass is 9.90. The maximum Gasteiger partial charge on any atom is 0.0225 e. The van der Waals surface area contributed by atoms with Crippen LogP contribution in [0.5, 0.6) is 0 Å². The summed E-state index contributed by atoms with van der Waals surface area (Å²) in [6, 6.07) is 8.56. The zero-order valence-corrected chi connectivity index (χ0v) is 12.1. The predicted molar refractivity (Wildman–Crippen MR) is 81.8 cm³/mol. The van der Waals surface area contributed by atoms with Crippen LogP contribution in [0.2, 0.25) is 0 Å². The van der Waals surface area contributed by atoms with E-state index < -0.39 is 0 Å². The highest BCUT2D eigenvalue weighted by Crippen LogP contribution is 2.40. The molecule has 2 aliphatic carbocycles. The van der Waals surface area contributed by atoms with E-state index in [4.69, 9.17) is 11.6 Å². The smallest absolute Gasteiger partial charge is 0.0225 e. The van der Waals surface area contributed by atoms with Crippen LogP contribution in [0.15, 0.2) is 63.7 Å². The summed E-state index contributed by atoms with van der Waals surface area (Å²) in [6.45, 7) is 0. The van der Waals surface area contributed by atoms with Crippen LogP contribution < -0.4 is 0 Å². The van der Waals surface area contributed by atoms with Gasteiger partial charge >= 0.3 is 0 Å². The fourth-order valence-electron chi connectivity index (χ4n) is 2.52. The molecule has 2 aliphatic rings. The summed E-state index contributed by atoms with van der Waals surface area (Å²) in [5, 5.41) is 0.907. The molecule has 0 unspecified atom stereocenters. The van der Waals surface area contributed by atoms with E-state index in [-0.39, 0.29) is 0 Å². The zero-order chi connectivity index (χ0) is 12.5. The summed E-state index contributed by atoms with van der Waals surface area (Å²) in [5.74, 6) is 0. The molecule has 0 heterocycles. The van der Waals surface area contributed by atoms with E-state index >= 15 is 0 Å². The molecule has 18 heavy (non-hydrogen) atoms. The van der Waals surface area contributed by atoms with Gasteiger partial charge in [-0.2, -0.15) is 0 Å². The van der Waals surface area contributed by atoms with Crippen molar-refractivity contribution in [2.24, 2.45) is 0 Å². The van der Waals surface area contributed by atoms with E-state index in [0.717, 1.165) is 17.9 Å². The van der Waals surface area contributed by atoms with E-state index in [1.54, 1.807) is 0 Å². The van der Waals surface area contributed by atoms with Crippen molar-refractivity contribution >= 4 is 33.1 Å². The van der Waals surface area contributed by atoms with Gasteiger partial charge in [0.05, 0.1) is 0 Å². The summed E-state index contributed by atoms with van der Waals surface area (Å²) in [5.41, 5.74) is 6.51. The topological polar surface area (TPSA) is 0 Å². The van der Waals surface area contributed by atoms with E-state index in [1.165, 1.54) is 27.8 Å². The van der Waals surface area contributed by atoms with Crippen molar-refractivity contribution in [2.75, 3.05) is 0 Å². The molecule has 1 aromatic carbocycles. The Labute approximate surface area is 120 Å². The van der Waals surface area contributed by atoms with Gasteiger partial charge < -0.3 is 0 Å². The normalized spacial score (nSPS) is 20.3. The van der Waals surface area contributed by atoms with Crippen LogP contribution in [0.1, 0.15) is 17.5 Å². The number of halogens is 2. The minimum Gasteiger partial charge on any atom is -0.0888 e. The van der Waals surface area contributed by atoms with Crippen molar-refractivity contribution in [3.63, 3.8) is 0 Å². The fourth-order valence-corrected chi connectivity index (χ4v) is 3.22. The van der Waals surface area contributed by atoms with Crippen molar-refractivity contribution in [3.8, 4) is 0 Å². The molecular formula is C16H12BrCl. The third-order valence-corrected chi connectivity index (χ3v) is 4.13. The minimum atomic E-state index is 0.839. The lowest BCUT2D eigenvalue weighted by Gasteiger charge is -2.17. The number of allylic oxidation sites excluding steroid dienone is 7. The summed E-state index contributed by atoms with van der Waals surface area (Å²) >= 11 is 9.65. The molecule has 0 amide bonds. The molecule has 2 heteroatoms. The lowest BCUT2D eigenvalue weighted by molar-refractivity contribution is 1.16. The molecule has 0 atom stereocenters. The van der Waals surface area contributed by atoms with Gasteiger partial charge in [0, 0.05) is 11.5 Å². The van der Waals surface area contributed by atoms with E-state index in [2.05, 4.69) is 52.3 Å². The second-order valence-corrected chi connectivity index (χ2v) is 5.43. The molecule has 3 rings (SSSR count). The second-order valence-electron chi connectivity index (χ2n) is 4.48. The van der Waals surface area contributed by atoms with Gasteiger partial charge in [0.1, 0.15) is 0 Å². The van der Waals surface area contributed by atoms with Crippen LogP contribution in [-0.4, -0.2) is 0 Å². The predicted octanol–water partition coefficient (Wildman–Crippen LogP) is 5.36. The molecule has 0 saturated heterocycles. The van der Waals surface area contributed by atoms with Crippen molar-refractivity contribution in [1.82, 2.24) is 0 Å². The summed E-state index contributed by atoms with van der Waals surface area (Å²) < 4.78 is 0. The van der Waals surface area contributed by atoms with E-state index in [9.17, 15) is 0 Å². The van der Waals surface area contributed by atoms with Crippen molar-refractivity contribution < 1.29 is 0 Å². The van der Waals surface area contributed by atoms with E-state index in [1.807, 2.05) is 11.1 Å². The fraction of sp³-hybridized carbons (Fsp3) is 0.125. The quantitative estimate of drug-likeness (QED) is 0.604. The Morgan fingerprint density at radius 3 is 2.83 bits per heavy atom. The van der Waals surface area contributed by atoms with Gasteiger partial charge in [-0.3, -0.25) is 0 Å². The van der Waals surface area contributed by atoms with Gasteiger partial charge in [0.15, 0.2) is 0 Å². The lowest BCUT2D eigenvalue weighted by Crippen LogP contribution is -1.97. The molecule has 0 aliphatic heterocycles. The highest BCUT2D eigenvalue weighted by atomic mass is 79.9. The molecular weight excluding hydrogens is 308 g/mol. The van der Waals surface area contributed by atoms with Crippen LogP contribution in [0.4, 0.5) is 0 Å². The molecule has 0 radical (unpaired) electrons. The number of hydrogen-bond acceptors (Lipinski definition) is 0. The molecule has 90 valence electrons. The molecule has 0 N–H and O–H groups in total. The highest BCUT2D eigenvalue weighted by molar-refractivity contribution is 9.11. The number of hydrogen-bond donors (Lipinski definition) is 0. The maximum absolute atomic E-state index is 6.14. The molecule has 0 aromatic heterocycles. The molecule has 0 bridgehead atoms. The first-order chi connectivity index (χ1) is 8.79. The van der Waals surface area contributed by atoms with Crippen LogP contribution in [0, 0.1) is 0 Å².